The monoisotopic (exact) mass is 317 g/mol. The van der Waals surface area contributed by atoms with Crippen molar-refractivity contribution in [1.82, 2.24) is 5.32 Å². The van der Waals surface area contributed by atoms with Gasteiger partial charge in [0, 0.05) is 22.4 Å². The van der Waals surface area contributed by atoms with Crippen molar-refractivity contribution in [3.05, 3.63) is 29.8 Å². The van der Waals surface area contributed by atoms with Gasteiger partial charge in [-0.3, -0.25) is 4.79 Å². The Bertz CT molecular complexity index is 454. The summed E-state index contributed by atoms with van der Waals surface area (Å²) in [7, 11) is 0. The molecule has 1 aliphatic heterocycles. The van der Waals surface area contributed by atoms with Crippen molar-refractivity contribution < 1.29 is 4.79 Å². The van der Waals surface area contributed by atoms with Crippen molar-refractivity contribution in [3.63, 3.8) is 0 Å². The summed E-state index contributed by atoms with van der Waals surface area (Å²) in [4.78, 5) is 13.7. The van der Waals surface area contributed by atoms with E-state index in [1.54, 1.807) is 11.8 Å². The van der Waals surface area contributed by atoms with Crippen LogP contribution < -0.4 is 5.32 Å². The standard InChI is InChI=1S/C14H17Cl2NOS/c1-2-14(8-15,9-16)17-13(18)11-7-19-12-6-4-3-5-10(11)12/h3-6,11H,2,7-9H2,1H3,(H,17,18). The zero-order valence-corrected chi connectivity index (χ0v) is 13.1. The molecule has 0 radical (unpaired) electrons. The normalized spacial score (nSPS) is 18.2. The lowest BCUT2D eigenvalue weighted by Crippen LogP contribution is -2.52. The molecule has 2 rings (SSSR count). The van der Waals surface area contributed by atoms with Crippen LogP contribution in [-0.2, 0) is 4.79 Å². The number of halogens is 2. The van der Waals surface area contributed by atoms with E-state index < -0.39 is 5.54 Å². The third kappa shape index (κ3) is 3.04. The molecule has 1 N–H and O–H groups in total. The molecule has 104 valence electrons. The van der Waals surface area contributed by atoms with Crippen LogP contribution in [0.15, 0.2) is 29.2 Å². The molecule has 1 unspecified atom stereocenters. The molecule has 1 aliphatic rings. The molecule has 0 aliphatic carbocycles. The van der Waals surface area contributed by atoms with E-state index in [4.69, 9.17) is 23.2 Å². The molecule has 1 aromatic carbocycles. The summed E-state index contributed by atoms with van der Waals surface area (Å²) in [6.45, 7) is 1.99. The maximum absolute atomic E-state index is 12.5. The quantitative estimate of drug-likeness (QED) is 0.840. The van der Waals surface area contributed by atoms with E-state index in [1.807, 2.05) is 25.1 Å². The van der Waals surface area contributed by atoms with Gasteiger partial charge in [-0.05, 0) is 18.1 Å². The van der Waals surface area contributed by atoms with E-state index in [0.29, 0.717) is 11.8 Å². The first-order valence-corrected chi connectivity index (χ1v) is 8.37. The number of rotatable bonds is 5. The highest BCUT2D eigenvalue weighted by molar-refractivity contribution is 7.99. The predicted octanol–water partition coefficient (Wildman–Crippen LogP) is 3.62. The third-order valence-electron chi connectivity index (χ3n) is 3.59. The van der Waals surface area contributed by atoms with E-state index in [-0.39, 0.29) is 11.8 Å². The Balaban J connectivity index is 2.14. The highest BCUT2D eigenvalue weighted by Gasteiger charge is 2.34. The first-order valence-electron chi connectivity index (χ1n) is 6.31. The lowest BCUT2D eigenvalue weighted by molar-refractivity contribution is -0.123. The van der Waals surface area contributed by atoms with Gasteiger partial charge in [-0.25, -0.2) is 0 Å². The first-order chi connectivity index (χ1) is 9.15. The van der Waals surface area contributed by atoms with Gasteiger partial charge in [-0.1, -0.05) is 25.1 Å². The SMILES string of the molecule is CCC(CCl)(CCl)NC(=O)C1CSc2ccccc21. The minimum Gasteiger partial charge on any atom is -0.348 e. The fourth-order valence-corrected chi connectivity index (χ4v) is 4.13. The van der Waals surface area contributed by atoms with Crippen LogP contribution in [-0.4, -0.2) is 29.0 Å². The molecule has 2 nitrogen and oxygen atoms in total. The van der Waals surface area contributed by atoms with Gasteiger partial charge in [-0.2, -0.15) is 0 Å². The summed E-state index contributed by atoms with van der Waals surface area (Å²) in [5.41, 5.74) is 0.613. The average molecular weight is 318 g/mol. The lowest BCUT2D eigenvalue weighted by atomic mass is 9.96. The van der Waals surface area contributed by atoms with Gasteiger partial charge < -0.3 is 5.32 Å². The summed E-state index contributed by atoms with van der Waals surface area (Å²) < 4.78 is 0. The molecule has 19 heavy (non-hydrogen) atoms. The van der Waals surface area contributed by atoms with Crippen LogP contribution in [0.2, 0.25) is 0 Å². The van der Waals surface area contributed by atoms with Crippen molar-refractivity contribution >= 4 is 40.9 Å². The van der Waals surface area contributed by atoms with E-state index in [9.17, 15) is 4.79 Å². The zero-order valence-electron chi connectivity index (χ0n) is 10.8. The lowest BCUT2D eigenvalue weighted by Gasteiger charge is -2.30. The van der Waals surface area contributed by atoms with Crippen LogP contribution in [0, 0.1) is 0 Å². The fraction of sp³-hybridized carbons (Fsp3) is 0.500. The summed E-state index contributed by atoms with van der Waals surface area (Å²) in [5.74, 6) is 1.38. The molecule has 1 amide bonds. The Labute approximate surface area is 128 Å². The van der Waals surface area contributed by atoms with Gasteiger partial charge in [-0.15, -0.1) is 35.0 Å². The van der Waals surface area contributed by atoms with Gasteiger partial charge in [0.1, 0.15) is 0 Å². The minimum absolute atomic E-state index is 0.0283. The molecule has 0 saturated heterocycles. The van der Waals surface area contributed by atoms with E-state index in [0.717, 1.165) is 17.7 Å². The second-order valence-electron chi connectivity index (χ2n) is 4.79. The Morgan fingerprint density at radius 1 is 1.42 bits per heavy atom. The van der Waals surface area contributed by atoms with Crippen LogP contribution in [0.5, 0.6) is 0 Å². The topological polar surface area (TPSA) is 29.1 Å². The second kappa shape index (κ2) is 6.38. The third-order valence-corrected chi connectivity index (χ3v) is 5.80. The van der Waals surface area contributed by atoms with Gasteiger partial charge in [0.25, 0.3) is 0 Å². The first kappa shape index (κ1) is 15.0. The Hall–Kier alpha value is -0.380. The van der Waals surface area contributed by atoms with Gasteiger partial charge in [0.15, 0.2) is 0 Å². The van der Waals surface area contributed by atoms with E-state index in [2.05, 4.69) is 11.4 Å². The van der Waals surface area contributed by atoms with E-state index in [1.165, 1.54) is 4.90 Å². The van der Waals surface area contributed by atoms with Crippen molar-refractivity contribution in [1.29, 1.82) is 0 Å². The summed E-state index contributed by atoms with van der Waals surface area (Å²) in [6.07, 6.45) is 0.729. The van der Waals surface area contributed by atoms with E-state index >= 15 is 0 Å². The molecular formula is C14H17Cl2NOS. The summed E-state index contributed by atoms with van der Waals surface area (Å²) in [6, 6.07) is 8.05. The number of alkyl halides is 2. The Morgan fingerprint density at radius 3 is 2.74 bits per heavy atom. The van der Waals surface area contributed by atoms with Crippen LogP contribution >= 0.6 is 35.0 Å². The highest BCUT2D eigenvalue weighted by Crippen LogP contribution is 2.39. The van der Waals surface area contributed by atoms with Crippen molar-refractivity contribution in [2.45, 2.75) is 29.7 Å². The number of hydrogen-bond donors (Lipinski definition) is 1. The second-order valence-corrected chi connectivity index (χ2v) is 6.39. The smallest absolute Gasteiger partial charge is 0.228 e. The number of carbonyl (C=O) groups is 1. The van der Waals surface area contributed by atoms with Gasteiger partial charge >= 0.3 is 0 Å². The molecule has 5 heteroatoms. The number of hydrogen-bond acceptors (Lipinski definition) is 2. The largest absolute Gasteiger partial charge is 0.348 e. The molecule has 0 bridgehead atoms. The molecule has 0 spiro atoms. The number of fused-ring (bicyclic) bond motifs is 1. The number of amides is 1. The van der Waals surface area contributed by atoms with Crippen LogP contribution in [0.3, 0.4) is 0 Å². The Morgan fingerprint density at radius 2 is 2.11 bits per heavy atom. The van der Waals surface area contributed by atoms with Gasteiger partial charge in [0.05, 0.1) is 11.5 Å². The van der Waals surface area contributed by atoms with Crippen LogP contribution in [0.4, 0.5) is 0 Å². The molecule has 1 heterocycles. The van der Waals surface area contributed by atoms with Crippen LogP contribution in [0.1, 0.15) is 24.8 Å². The molecule has 0 aromatic heterocycles. The average Bonchev–Trinajstić information content (AvgIpc) is 2.89. The van der Waals surface area contributed by atoms with Gasteiger partial charge in [0.2, 0.25) is 5.91 Å². The van der Waals surface area contributed by atoms with Crippen molar-refractivity contribution in [3.8, 4) is 0 Å². The number of carbonyl (C=O) groups excluding carboxylic acids is 1. The highest BCUT2D eigenvalue weighted by atomic mass is 35.5. The molecular weight excluding hydrogens is 301 g/mol. The molecule has 1 aromatic rings. The fourth-order valence-electron chi connectivity index (χ4n) is 2.11. The van der Waals surface area contributed by atoms with Crippen LogP contribution in [0.25, 0.3) is 0 Å². The molecule has 0 saturated carbocycles. The molecule has 0 fully saturated rings. The van der Waals surface area contributed by atoms with Crippen molar-refractivity contribution in [2.24, 2.45) is 0 Å². The number of thioether (sulfide) groups is 1. The zero-order chi connectivity index (χ0) is 13.9. The maximum atomic E-state index is 12.5. The predicted molar refractivity (Wildman–Crippen MR) is 82.5 cm³/mol. The van der Waals surface area contributed by atoms with Crippen molar-refractivity contribution in [2.75, 3.05) is 17.5 Å². The minimum atomic E-state index is -0.498. The number of benzene rings is 1. The Kier molecular flexibility index (Phi) is 5.04. The maximum Gasteiger partial charge on any atom is 0.228 e. The molecule has 1 atom stereocenters. The number of nitrogens with one attached hydrogen (secondary N) is 1. The summed E-state index contributed by atoms with van der Waals surface area (Å²) in [5, 5.41) is 3.05. The summed E-state index contributed by atoms with van der Waals surface area (Å²) >= 11 is 13.7.